The van der Waals surface area contributed by atoms with E-state index >= 15 is 0 Å². The van der Waals surface area contributed by atoms with Crippen molar-refractivity contribution in [3.63, 3.8) is 0 Å². The molecule has 0 N–H and O–H groups in total. The summed E-state index contributed by atoms with van der Waals surface area (Å²) in [6, 6.07) is 79.4. The third-order valence-electron chi connectivity index (χ3n) is 14.5. The molecule has 0 aliphatic carbocycles. The fourth-order valence-corrected chi connectivity index (χ4v) is 12.7. The Bertz CT molecular complexity index is 3940. The standard InChI is InChI=1S/C62H44BN3S/c1-62(2,3)41-31-35-53(49(36-41)39-18-7-4-8-19-39)65-55-37-44(64(42-21-9-5-10-22-42)43-23-11-6-12-24-43)32-33-52(55)63-58-50(38-51-46-26-15-16-29-56(46)67-61(51)60(58)65)47-27-17-28-48-57-45-25-14-13-20-40(45)30-34-54(57)66(63)59(47)48/h4-38H,1-3H3. The zero-order chi connectivity index (χ0) is 44.5. The van der Waals surface area contributed by atoms with E-state index in [1.807, 2.05) is 11.3 Å². The van der Waals surface area contributed by atoms with Crippen LogP contribution in [0, 0.1) is 0 Å². The first-order chi connectivity index (χ1) is 32.9. The maximum absolute atomic E-state index is 2.71. The minimum Gasteiger partial charge on any atom is -0.375 e. The van der Waals surface area contributed by atoms with Gasteiger partial charge in [0.25, 0.3) is 0 Å². The summed E-state index contributed by atoms with van der Waals surface area (Å²) in [7, 11) is 0. The molecule has 0 atom stereocenters. The highest BCUT2D eigenvalue weighted by molar-refractivity contribution is 7.26. The van der Waals surface area contributed by atoms with E-state index in [2.05, 4.69) is 247 Å². The first-order valence-corrected chi connectivity index (χ1v) is 24.2. The summed E-state index contributed by atoms with van der Waals surface area (Å²) in [5, 5.41) is 7.77. The number of anilines is 6. The van der Waals surface area contributed by atoms with Crippen molar-refractivity contribution in [1.29, 1.82) is 0 Å². The van der Waals surface area contributed by atoms with E-state index in [1.54, 1.807) is 0 Å². The van der Waals surface area contributed by atoms with Gasteiger partial charge in [-0.25, -0.2) is 0 Å². The lowest BCUT2D eigenvalue weighted by Crippen LogP contribution is -2.56. The number of benzene rings is 10. The number of nitrogens with zero attached hydrogens (tertiary/aromatic N) is 3. The molecule has 67 heavy (non-hydrogen) atoms. The average Bonchev–Trinajstić information content (AvgIpc) is 3.92. The Labute approximate surface area is 394 Å². The number of thiophene rings is 1. The van der Waals surface area contributed by atoms with Crippen LogP contribution in [0.4, 0.5) is 34.1 Å². The molecule has 0 bridgehead atoms. The molecule has 0 unspecified atom stereocenters. The predicted molar refractivity (Wildman–Crippen MR) is 289 cm³/mol. The fourth-order valence-electron chi connectivity index (χ4n) is 11.5. The summed E-state index contributed by atoms with van der Waals surface area (Å²) in [6.07, 6.45) is 0. The molecule has 3 nitrogen and oxygen atoms in total. The third-order valence-corrected chi connectivity index (χ3v) is 15.7. The average molecular weight is 874 g/mol. The second kappa shape index (κ2) is 14.3. The van der Waals surface area contributed by atoms with Crippen molar-refractivity contribution < 1.29 is 0 Å². The van der Waals surface area contributed by atoms with Crippen LogP contribution in [0.2, 0.25) is 0 Å². The number of fused-ring (bicyclic) bond motifs is 13. The van der Waals surface area contributed by atoms with Crippen LogP contribution in [0.3, 0.4) is 0 Å². The van der Waals surface area contributed by atoms with E-state index in [4.69, 9.17) is 0 Å². The van der Waals surface area contributed by atoms with Gasteiger partial charge in [0.1, 0.15) is 0 Å². The summed E-state index contributed by atoms with van der Waals surface area (Å²) in [5.41, 5.74) is 18.4. The highest BCUT2D eigenvalue weighted by atomic mass is 32.1. The van der Waals surface area contributed by atoms with E-state index in [1.165, 1.54) is 109 Å². The molecule has 0 spiro atoms. The highest BCUT2D eigenvalue weighted by Crippen LogP contribution is 2.54. The molecule has 4 heterocycles. The Morgan fingerprint density at radius 2 is 1.18 bits per heavy atom. The van der Waals surface area contributed by atoms with E-state index < -0.39 is 0 Å². The SMILES string of the molecule is CC(C)(C)c1ccc(N2c3cc(N(c4ccccc4)c4ccccc4)ccc3B3c4c(cc5c(sc6ccccc65)c42)-c2cccc4c5c6ccccc6ccc5n3c24)c(-c2ccccc2)c1. The molecule has 0 saturated carbocycles. The van der Waals surface area contributed by atoms with Crippen molar-refractivity contribution >= 4 is 116 Å². The molecule has 0 radical (unpaired) electrons. The Balaban J connectivity index is 1.17. The van der Waals surface area contributed by atoms with Crippen LogP contribution in [-0.2, 0) is 5.41 Å². The van der Waals surface area contributed by atoms with Gasteiger partial charge in [0.2, 0.25) is 0 Å². The molecule has 2 aliphatic heterocycles. The second-order valence-electron chi connectivity index (χ2n) is 19.2. The first kappa shape index (κ1) is 38.4. The molecular weight excluding hydrogens is 830 g/mol. The van der Waals surface area contributed by atoms with Gasteiger partial charge in [0, 0.05) is 71.2 Å². The third kappa shape index (κ3) is 5.59. The highest BCUT2D eigenvalue weighted by Gasteiger charge is 2.45. The van der Waals surface area contributed by atoms with Gasteiger partial charge in [0.15, 0.2) is 0 Å². The summed E-state index contributed by atoms with van der Waals surface area (Å²) in [5.74, 6) is 0. The van der Waals surface area contributed by atoms with Crippen molar-refractivity contribution in [3.05, 3.63) is 218 Å². The number of aromatic nitrogens is 1. The molecule has 14 rings (SSSR count). The smallest absolute Gasteiger partial charge is 0.333 e. The van der Waals surface area contributed by atoms with Gasteiger partial charge >= 0.3 is 6.85 Å². The predicted octanol–water partition coefficient (Wildman–Crippen LogP) is 16.2. The van der Waals surface area contributed by atoms with Crippen molar-refractivity contribution in [2.45, 2.75) is 26.2 Å². The molecule has 10 aromatic carbocycles. The van der Waals surface area contributed by atoms with Gasteiger partial charge < -0.3 is 14.3 Å². The zero-order valence-corrected chi connectivity index (χ0v) is 38.4. The Morgan fingerprint density at radius 3 is 1.94 bits per heavy atom. The van der Waals surface area contributed by atoms with E-state index in [0.29, 0.717) is 0 Å². The Morgan fingerprint density at radius 1 is 0.493 bits per heavy atom. The lowest BCUT2D eigenvalue weighted by molar-refractivity contribution is 0.590. The lowest BCUT2D eigenvalue weighted by Gasteiger charge is -2.42. The first-order valence-electron chi connectivity index (χ1n) is 23.4. The molecule has 0 amide bonds. The number of hydrogen-bond donors (Lipinski definition) is 0. The summed E-state index contributed by atoms with van der Waals surface area (Å²) < 4.78 is 5.31. The molecule has 2 aromatic heterocycles. The van der Waals surface area contributed by atoms with Crippen LogP contribution in [0.1, 0.15) is 26.3 Å². The second-order valence-corrected chi connectivity index (χ2v) is 20.3. The minimum absolute atomic E-state index is 0.0502. The van der Waals surface area contributed by atoms with Gasteiger partial charge in [-0.1, -0.05) is 166 Å². The lowest BCUT2D eigenvalue weighted by atomic mass is 9.45. The maximum atomic E-state index is 2.71. The van der Waals surface area contributed by atoms with Crippen LogP contribution >= 0.6 is 11.3 Å². The molecule has 0 fully saturated rings. The van der Waals surface area contributed by atoms with Crippen LogP contribution in [0.5, 0.6) is 0 Å². The Kier molecular flexibility index (Phi) is 8.21. The number of hydrogen-bond acceptors (Lipinski definition) is 3. The van der Waals surface area contributed by atoms with Gasteiger partial charge in [-0.3, -0.25) is 0 Å². The Hall–Kier alpha value is -7.86. The quantitative estimate of drug-likeness (QED) is 0.160. The summed E-state index contributed by atoms with van der Waals surface area (Å²) in [6.45, 7) is 6.86. The summed E-state index contributed by atoms with van der Waals surface area (Å²) >= 11 is 1.93. The monoisotopic (exact) mass is 873 g/mol. The number of para-hydroxylation sites is 3. The van der Waals surface area contributed by atoms with Gasteiger partial charge in [0.05, 0.1) is 16.1 Å². The van der Waals surface area contributed by atoms with Crippen LogP contribution in [-0.4, -0.2) is 11.3 Å². The maximum Gasteiger partial charge on any atom is 0.333 e. The van der Waals surface area contributed by atoms with Crippen LogP contribution < -0.4 is 20.7 Å². The summed E-state index contributed by atoms with van der Waals surface area (Å²) in [4.78, 5) is 5.08. The zero-order valence-electron chi connectivity index (χ0n) is 37.5. The van der Waals surface area contributed by atoms with Crippen LogP contribution in [0.25, 0.3) is 75.0 Å². The normalized spacial score (nSPS) is 12.9. The molecule has 316 valence electrons. The molecule has 12 aromatic rings. The molecule has 5 heteroatoms. The molecular formula is C62H44BN3S. The van der Waals surface area contributed by atoms with Crippen molar-refractivity contribution in [2.24, 2.45) is 0 Å². The van der Waals surface area contributed by atoms with Crippen molar-refractivity contribution in [3.8, 4) is 22.3 Å². The van der Waals surface area contributed by atoms with Crippen molar-refractivity contribution in [1.82, 2.24) is 4.48 Å². The van der Waals surface area contributed by atoms with Crippen LogP contribution in [0.15, 0.2) is 212 Å². The van der Waals surface area contributed by atoms with E-state index in [9.17, 15) is 0 Å². The largest absolute Gasteiger partial charge is 0.375 e. The topological polar surface area (TPSA) is 11.4 Å². The van der Waals surface area contributed by atoms with Gasteiger partial charge in [-0.2, -0.15) is 0 Å². The molecule has 0 saturated heterocycles. The molecule has 2 aliphatic rings. The van der Waals surface area contributed by atoms with E-state index in [-0.39, 0.29) is 12.3 Å². The number of rotatable bonds is 5. The van der Waals surface area contributed by atoms with Crippen molar-refractivity contribution in [2.75, 3.05) is 9.80 Å². The van der Waals surface area contributed by atoms with E-state index in [0.717, 1.165) is 17.1 Å². The minimum atomic E-state index is -0.105. The fraction of sp³-hybridized carbons (Fsp3) is 0.0645. The van der Waals surface area contributed by atoms with Gasteiger partial charge in [-0.05, 0) is 111 Å². The van der Waals surface area contributed by atoms with Gasteiger partial charge in [-0.15, -0.1) is 11.3 Å².